The predicted molar refractivity (Wildman–Crippen MR) is 147 cm³/mol. The highest BCUT2D eigenvalue weighted by Crippen LogP contribution is 2.32. The number of hydrogen-bond acceptors (Lipinski definition) is 6. The Morgan fingerprint density at radius 3 is 2.49 bits per heavy atom. The number of benzene rings is 1. The van der Waals surface area contributed by atoms with Gasteiger partial charge in [0.15, 0.2) is 17.4 Å². The van der Waals surface area contributed by atoms with Crippen LogP contribution in [0.2, 0.25) is 0 Å². The number of aromatic amines is 1. The number of ether oxygens (including phenoxy) is 1. The molecule has 0 fully saturated rings. The number of thioether (sulfide) groups is 1. The molecule has 0 spiro atoms. The van der Waals surface area contributed by atoms with E-state index in [4.69, 9.17) is 9.73 Å². The molecule has 9 heteroatoms. The van der Waals surface area contributed by atoms with Crippen LogP contribution in [-0.4, -0.2) is 46.2 Å². The van der Waals surface area contributed by atoms with E-state index < -0.39 is 0 Å². The Bertz CT molecular complexity index is 1230. The molecule has 2 heterocycles. The van der Waals surface area contributed by atoms with Gasteiger partial charge < -0.3 is 15.0 Å². The lowest BCUT2D eigenvalue weighted by Gasteiger charge is -2.21. The van der Waals surface area contributed by atoms with Gasteiger partial charge in [0, 0.05) is 53.8 Å². The van der Waals surface area contributed by atoms with E-state index >= 15 is 0 Å². The second kappa shape index (κ2) is 11.8. The van der Waals surface area contributed by atoms with Crippen molar-refractivity contribution in [3.63, 3.8) is 0 Å². The normalized spacial score (nSPS) is 13.3. The maximum Gasteiger partial charge on any atom is 0.176 e. The SMILES string of the molecule is CC/C(C)=C(/C(OC)=C(\N=C(/C)N(C)c1ccc(SC)cc1)Nc1cc(C)[nH]n1)c1cnn(C)c1. The molecule has 0 bridgehead atoms. The number of rotatable bonds is 9. The number of methoxy groups -OCH3 is 1. The zero-order chi connectivity index (χ0) is 25.5. The van der Waals surface area contributed by atoms with Crippen LogP contribution in [0.5, 0.6) is 0 Å². The van der Waals surface area contributed by atoms with Gasteiger partial charge in [0.05, 0.1) is 13.3 Å². The third-order valence-corrected chi connectivity index (χ3v) is 6.51. The van der Waals surface area contributed by atoms with Gasteiger partial charge in [0.25, 0.3) is 0 Å². The lowest BCUT2D eigenvalue weighted by molar-refractivity contribution is 0.306. The van der Waals surface area contributed by atoms with Crippen molar-refractivity contribution in [1.29, 1.82) is 0 Å². The minimum Gasteiger partial charge on any atom is -0.492 e. The third-order valence-electron chi connectivity index (χ3n) is 5.77. The molecule has 186 valence electrons. The Hall–Kier alpha value is -3.46. The van der Waals surface area contributed by atoms with Gasteiger partial charge >= 0.3 is 0 Å². The van der Waals surface area contributed by atoms with Crippen LogP contribution >= 0.6 is 11.8 Å². The van der Waals surface area contributed by atoms with Crippen molar-refractivity contribution in [2.45, 2.75) is 39.0 Å². The van der Waals surface area contributed by atoms with E-state index in [2.05, 4.69) is 69.9 Å². The molecule has 0 unspecified atom stereocenters. The average Bonchev–Trinajstić information content (AvgIpc) is 3.48. The van der Waals surface area contributed by atoms with Crippen LogP contribution in [0.15, 0.2) is 69.8 Å². The standard InChI is InChI=1S/C26H35N7OS/c1-9-17(2)24(20-15-27-32(5)16-20)25(34-7)26(29-23-14-18(3)30-31-23)28-19(4)33(6)21-10-12-22(35-8)13-11-21/h10-16H,9H2,1-8H3,(H2,29,30,31)/b24-17+,26-25-,28-19+. The molecule has 3 aromatic rings. The van der Waals surface area contributed by atoms with Crippen molar-refractivity contribution in [3.05, 3.63) is 71.1 Å². The van der Waals surface area contributed by atoms with Gasteiger partial charge in [-0.05, 0) is 57.7 Å². The van der Waals surface area contributed by atoms with Gasteiger partial charge in [-0.15, -0.1) is 11.8 Å². The van der Waals surface area contributed by atoms with Gasteiger partial charge in [-0.3, -0.25) is 9.78 Å². The number of anilines is 2. The van der Waals surface area contributed by atoms with Crippen LogP contribution in [-0.2, 0) is 11.8 Å². The molecule has 0 aliphatic rings. The second-order valence-electron chi connectivity index (χ2n) is 8.27. The summed E-state index contributed by atoms with van der Waals surface area (Å²) in [6, 6.07) is 10.3. The van der Waals surface area contributed by atoms with Crippen molar-refractivity contribution in [2.75, 3.05) is 30.6 Å². The summed E-state index contributed by atoms with van der Waals surface area (Å²) in [4.78, 5) is 8.28. The molecular weight excluding hydrogens is 458 g/mol. The van der Waals surface area contributed by atoms with Crippen LogP contribution in [0.4, 0.5) is 11.5 Å². The topological polar surface area (TPSA) is 83.4 Å². The highest BCUT2D eigenvalue weighted by molar-refractivity contribution is 7.98. The number of aryl methyl sites for hydroxylation is 2. The van der Waals surface area contributed by atoms with Crippen LogP contribution in [0, 0.1) is 6.92 Å². The first kappa shape index (κ1) is 26.2. The number of H-pyrrole nitrogens is 1. The van der Waals surface area contributed by atoms with Gasteiger partial charge in [-0.2, -0.15) is 10.2 Å². The fourth-order valence-electron chi connectivity index (χ4n) is 3.58. The largest absolute Gasteiger partial charge is 0.492 e. The van der Waals surface area contributed by atoms with Crippen LogP contribution in [0.25, 0.3) is 5.57 Å². The number of nitrogens with zero attached hydrogens (tertiary/aromatic N) is 5. The summed E-state index contributed by atoms with van der Waals surface area (Å²) in [6.07, 6.45) is 6.76. The molecule has 8 nitrogen and oxygen atoms in total. The molecule has 0 aliphatic carbocycles. The Balaban J connectivity index is 2.15. The maximum absolute atomic E-state index is 6.01. The number of hydrogen-bond donors (Lipinski definition) is 2. The molecular formula is C26H35N7OS. The molecule has 0 saturated carbocycles. The summed E-state index contributed by atoms with van der Waals surface area (Å²) in [5, 5.41) is 15.1. The Morgan fingerprint density at radius 2 is 1.97 bits per heavy atom. The highest BCUT2D eigenvalue weighted by atomic mass is 32.2. The molecule has 0 radical (unpaired) electrons. The number of aromatic nitrogens is 4. The Kier molecular flexibility index (Phi) is 8.81. The van der Waals surface area contributed by atoms with E-state index in [1.54, 1.807) is 23.6 Å². The van der Waals surface area contributed by atoms with Crippen molar-refractivity contribution in [1.82, 2.24) is 20.0 Å². The van der Waals surface area contributed by atoms with E-state index in [1.165, 1.54) is 10.5 Å². The first-order valence-electron chi connectivity index (χ1n) is 11.5. The average molecular weight is 494 g/mol. The molecule has 0 amide bonds. The van der Waals surface area contributed by atoms with E-state index in [1.807, 2.05) is 46.4 Å². The van der Waals surface area contributed by atoms with Crippen molar-refractivity contribution >= 4 is 34.7 Å². The van der Waals surface area contributed by atoms with Gasteiger partial charge in [-0.25, -0.2) is 4.99 Å². The third kappa shape index (κ3) is 6.36. The zero-order valence-corrected chi connectivity index (χ0v) is 22.6. The lowest BCUT2D eigenvalue weighted by Crippen LogP contribution is -2.24. The quantitative estimate of drug-likeness (QED) is 0.128. The van der Waals surface area contributed by atoms with Crippen molar-refractivity contribution in [3.8, 4) is 0 Å². The highest BCUT2D eigenvalue weighted by Gasteiger charge is 2.20. The van der Waals surface area contributed by atoms with Gasteiger partial charge in [-0.1, -0.05) is 12.5 Å². The summed E-state index contributed by atoms with van der Waals surface area (Å²) in [5.74, 6) is 2.65. The van der Waals surface area contributed by atoms with Crippen LogP contribution in [0.3, 0.4) is 0 Å². The smallest absolute Gasteiger partial charge is 0.176 e. The lowest BCUT2D eigenvalue weighted by atomic mass is 10.00. The molecule has 3 rings (SSSR count). The molecule has 0 atom stereocenters. The van der Waals surface area contributed by atoms with Crippen molar-refractivity contribution in [2.24, 2.45) is 12.0 Å². The number of allylic oxidation sites excluding steroid dienone is 2. The molecule has 35 heavy (non-hydrogen) atoms. The number of nitrogens with one attached hydrogen (secondary N) is 2. The monoisotopic (exact) mass is 493 g/mol. The fraction of sp³-hybridized carbons (Fsp3) is 0.346. The minimum absolute atomic E-state index is 0.565. The van der Waals surface area contributed by atoms with Crippen LogP contribution in [0.1, 0.15) is 38.4 Å². The van der Waals surface area contributed by atoms with E-state index in [-0.39, 0.29) is 0 Å². The first-order chi connectivity index (χ1) is 16.8. The summed E-state index contributed by atoms with van der Waals surface area (Å²) < 4.78 is 7.80. The summed E-state index contributed by atoms with van der Waals surface area (Å²) >= 11 is 1.72. The molecule has 0 saturated heterocycles. The van der Waals surface area contributed by atoms with Gasteiger partial charge in [0.1, 0.15) is 5.84 Å². The van der Waals surface area contributed by atoms with Crippen LogP contribution < -0.4 is 10.2 Å². The fourth-order valence-corrected chi connectivity index (χ4v) is 3.99. The summed E-state index contributed by atoms with van der Waals surface area (Å²) in [6.45, 7) is 8.17. The predicted octanol–water partition coefficient (Wildman–Crippen LogP) is 5.84. The maximum atomic E-state index is 6.01. The molecule has 0 aliphatic heterocycles. The number of amidine groups is 1. The Morgan fingerprint density at radius 1 is 1.26 bits per heavy atom. The summed E-state index contributed by atoms with van der Waals surface area (Å²) in [5.41, 5.74) is 5.09. The second-order valence-corrected chi connectivity index (χ2v) is 9.15. The summed E-state index contributed by atoms with van der Waals surface area (Å²) in [7, 11) is 5.58. The number of aliphatic imine (C=N–C) groups is 1. The van der Waals surface area contributed by atoms with E-state index in [0.29, 0.717) is 17.4 Å². The molecule has 2 aromatic heterocycles. The zero-order valence-electron chi connectivity index (χ0n) is 21.8. The van der Waals surface area contributed by atoms with E-state index in [9.17, 15) is 0 Å². The van der Waals surface area contributed by atoms with Crippen molar-refractivity contribution < 1.29 is 4.74 Å². The molecule has 1 aromatic carbocycles. The van der Waals surface area contributed by atoms with E-state index in [0.717, 1.165) is 34.8 Å². The molecule has 2 N–H and O–H groups in total. The minimum atomic E-state index is 0.565. The van der Waals surface area contributed by atoms with Gasteiger partial charge in [0.2, 0.25) is 0 Å². The Labute approximate surface area is 212 Å². The first-order valence-corrected chi connectivity index (χ1v) is 12.7.